The molecular weight excluding hydrogens is 368 g/mol. The summed E-state index contributed by atoms with van der Waals surface area (Å²) in [6, 6.07) is 13.1. The highest BCUT2D eigenvalue weighted by Crippen LogP contribution is 2.47. The zero-order chi connectivity index (χ0) is 17.3. The Balaban J connectivity index is 1.73. The molecule has 0 atom stereocenters. The monoisotopic (exact) mass is 386 g/mol. The first-order valence-corrected chi connectivity index (χ1v) is 8.66. The Hall–Kier alpha value is -2.14. The summed E-state index contributed by atoms with van der Waals surface area (Å²) >= 11 is 3.36. The Labute approximate surface area is 149 Å². The van der Waals surface area contributed by atoms with Gasteiger partial charge in [0.05, 0.1) is 0 Å². The number of aryl methyl sites for hydroxylation is 1. The molecule has 4 nitrogen and oxygen atoms in total. The van der Waals surface area contributed by atoms with Crippen molar-refractivity contribution in [3.63, 3.8) is 0 Å². The highest BCUT2D eigenvalue weighted by molar-refractivity contribution is 9.10. The maximum Gasteiger partial charge on any atom is 0.240 e. The molecule has 2 aromatic carbocycles. The number of nitrogens with one attached hydrogen (secondary N) is 2. The van der Waals surface area contributed by atoms with Gasteiger partial charge in [0.2, 0.25) is 11.8 Å². The first kappa shape index (κ1) is 16.7. The van der Waals surface area contributed by atoms with Gasteiger partial charge in [-0.1, -0.05) is 28.1 Å². The minimum Gasteiger partial charge on any atom is -0.325 e. The van der Waals surface area contributed by atoms with Crippen molar-refractivity contribution in [2.24, 2.45) is 5.41 Å². The molecule has 24 heavy (non-hydrogen) atoms. The van der Waals surface area contributed by atoms with Crippen molar-refractivity contribution < 1.29 is 9.59 Å². The fourth-order valence-electron chi connectivity index (χ4n) is 2.59. The van der Waals surface area contributed by atoms with Crippen molar-refractivity contribution in [3.8, 4) is 0 Å². The van der Waals surface area contributed by atoms with Crippen LogP contribution in [0.15, 0.2) is 46.9 Å². The standard InChI is InChI=1S/C19H19BrN2O2/c1-12-4-3-5-16(13(12)2)22-18(24)19(10-11-19)17(23)21-15-8-6-14(20)7-9-15/h3-9H,10-11H2,1-2H3,(H,21,23)(H,22,24). The molecule has 5 heteroatoms. The first-order chi connectivity index (χ1) is 11.4. The van der Waals surface area contributed by atoms with Gasteiger partial charge in [-0.25, -0.2) is 0 Å². The van der Waals surface area contributed by atoms with Gasteiger partial charge < -0.3 is 10.6 Å². The van der Waals surface area contributed by atoms with Gasteiger partial charge in [-0.3, -0.25) is 9.59 Å². The van der Waals surface area contributed by atoms with Crippen LogP contribution < -0.4 is 10.6 Å². The SMILES string of the molecule is Cc1cccc(NC(=O)C2(C(=O)Nc3ccc(Br)cc3)CC2)c1C. The zero-order valence-electron chi connectivity index (χ0n) is 13.7. The molecule has 1 aliphatic rings. The van der Waals surface area contributed by atoms with Crippen LogP contribution >= 0.6 is 15.9 Å². The van der Waals surface area contributed by atoms with Gasteiger partial charge in [-0.2, -0.15) is 0 Å². The molecule has 2 N–H and O–H groups in total. The number of hydrogen-bond acceptors (Lipinski definition) is 2. The molecule has 0 spiro atoms. The van der Waals surface area contributed by atoms with Gasteiger partial charge in [-0.05, 0) is 68.1 Å². The fraction of sp³-hybridized carbons (Fsp3) is 0.263. The molecule has 2 amide bonds. The molecule has 124 valence electrons. The minimum atomic E-state index is -0.955. The van der Waals surface area contributed by atoms with Crippen molar-refractivity contribution in [1.82, 2.24) is 0 Å². The molecular formula is C19H19BrN2O2. The van der Waals surface area contributed by atoms with Crippen LogP contribution in [-0.4, -0.2) is 11.8 Å². The van der Waals surface area contributed by atoms with Crippen LogP contribution in [0, 0.1) is 19.3 Å². The molecule has 0 bridgehead atoms. The summed E-state index contributed by atoms with van der Waals surface area (Å²) in [6.45, 7) is 3.96. The summed E-state index contributed by atoms with van der Waals surface area (Å²) in [5.74, 6) is -0.474. The summed E-state index contributed by atoms with van der Waals surface area (Å²) < 4.78 is 0.939. The lowest BCUT2D eigenvalue weighted by Crippen LogP contribution is -2.35. The van der Waals surface area contributed by atoms with Crippen molar-refractivity contribution in [2.75, 3.05) is 10.6 Å². The van der Waals surface area contributed by atoms with Crippen LogP contribution in [0.25, 0.3) is 0 Å². The van der Waals surface area contributed by atoms with Gasteiger partial charge in [0.15, 0.2) is 0 Å². The Morgan fingerprint density at radius 2 is 1.58 bits per heavy atom. The van der Waals surface area contributed by atoms with Gasteiger partial charge >= 0.3 is 0 Å². The topological polar surface area (TPSA) is 58.2 Å². The second-order valence-electron chi connectivity index (χ2n) is 6.24. The van der Waals surface area contributed by atoms with Gasteiger partial charge in [0, 0.05) is 15.8 Å². The molecule has 3 rings (SSSR count). The Morgan fingerprint density at radius 1 is 0.958 bits per heavy atom. The molecule has 0 aromatic heterocycles. The average molecular weight is 387 g/mol. The lowest BCUT2D eigenvalue weighted by atomic mass is 10.0. The smallest absolute Gasteiger partial charge is 0.240 e. The molecule has 0 radical (unpaired) electrons. The van der Waals surface area contributed by atoms with E-state index >= 15 is 0 Å². The molecule has 0 heterocycles. The predicted octanol–water partition coefficient (Wildman–Crippen LogP) is 4.42. The number of benzene rings is 2. The summed E-state index contributed by atoms with van der Waals surface area (Å²) in [5, 5.41) is 5.77. The van der Waals surface area contributed by atoms with Crippen molar-refractivity contribution >= 4 is 39.1 Å². The van der Waals surface area contributed by atoms with Crippen molar-refractivity contribution in [2.45, 2.75) is 26.7 Å². The quantitative estimate of drug-likeness (QED) is 0.763. The van der Waals surface area contributed by atoms with Crippen LogP contribution in [0.2, 0.25) is 0 Å². The van der Waals surface area contributed by atoms with E-state index in [4.69, 9.17) is 0 Å². The number of carbonyl (C=O) groups excluding carboxylic acids is 2. The molecule has 1 saturated carbocycles. The van der Waals surface area contributed by atoms with Gasteiger partial charge in [0.25, 0.3) is 0 Å². The van der Waals surface area contributed by atoms with Gasteiger partial charge in [0.1, 0.15) is 5.41 Å². The average Bonchev–Trinajstić information content (AvgIpc) is 3.36. The van der Waals surface area contributed by atoms with E-state index in [-0.39, 0.29) is 11.8 Å². The number of carbonyl (C=O) groups is 2. The lowest BCUT2D eigenvalue weighted by molar-refractivity contribution is -0.131. The third kappa shape index (κ3) is 3.22. The number of rotatable bonds is 4. The maximum absolute atomic E-state index is 12.7. The van der Waals surface area contributed by atoms with E-state index in [2.05, 4.69) is 26.6 Å². The first-order valence-electron chi connectivity index (χ1n) is 7.87. The van der Waals surface area contributed by atoms with Crippen molar-refractivity contribution in [1.29, 1.82) is 0 Å². The third-order valence-electron chi connectivity index (χ3n) is 4.57. The lowest BCUT2D eigenvalue weighted by Gasteiger charge is -2.17. The van der Waals surface area contributed by atoms with E-state index in [1.54, 1.807) is 12.1 Å². The Morgan fingerprint density at radius 3 is 2.21 bits per heavy atom. The molecule has 1 fully saturated rings. The Bertz CT molecular complexity index is 796. The number of hydrogen-bond donors (Lipinski definition) is 2. The predicted molar refractivity (Wildman–Crippen MR) is 99.0 cm³/mol. The van der Waals surface area contributed by atoms with Crippen LogP contribution in [0.3, 0.4) is 0 Å². The molecule has 0 saturated heterocycles. The largest absolute Gasteiger partial charge is 0.325 e. The number of amides is 2. The fourth-order valence-corrected chi connectivity index (χ4v) is 2.86. The van der Waals surface area contributed by atoms with Crippen LogP contribution in [0.1, 0.15) is 24.0 Å². The molecule has 0 unspecified atom stereocenters. The van der Waals surface area contributed by atoms with Crippen LogP contribution in [0.4, 0.5) is 11.4 Å². The molecule has 1 aliphatic carbocycles. The Kier molecular flexibility index (Phi) is 4.45. The minimum absolute atomic E-state index is 0.231. The van der Waals surface area contributed by atoms with Crippen LogP contribution in [0.5, 0.6) is 0 Å². The summed E-state index contributed by atoms with van der Waals surface area (Å²) in [4.78, 5) is 25.2. The normalized spacial score (nSPS) is 14.8. The second-order valence-corrected chi connectivity index (χ2v) is 7.16. The number of halogens is 1. The van der Waals surface area contributed by atoms with E-state index in [1.165, 1.54) is 0 Å². The summed E-state index contributed by atoms with van der Waals surface area (Å²) in [7, 11) is 0. The highest BCUT2D eigenvalue weighted by atomic mass is 79.9. The third-order valence-corrected chi connectivity index (χ3v) is 5.10. The van der Waals surface area contributed by atoms with E-state index in [9.17, 15) is 9.59 Å². The van der Waals surface area contributed by atoms with E-state index < -0.39 is 5.41 Å². The zero-order valence-corrected chi connectivity index (χ0v) is 15.2. The van der Waals surface area contributed by atoms with Crippen molar-refractivity contribution in [3.05, 3.63) is 58.1 Å². The summed E-state index contributed by atoms with van der Waals surface area (Å²) in [5.41, 5.74) is 2.63. The summed E-state index contributed by atoms with van der Waals surface area (Å²) in [6.07, 6.45) is 1.15. The highest BCUT2D eigenvalue weighted by Gasteiger charge is 2.56. The van der Waals surface area contributed by atoms with Gasteiger partial charge in [-0.15, -0.1) is 0 Å². The second kappa shape index (κ2) is 6.40. The van der Waals surface area contributed by atoms with Crippen LogP contribution in [-0.2, 0) is 9.59 Å². The maximum atomic E-state index is 12.7. The molecule has 0 aliphatic heterocycles. The van der Waals surface area contributed by atoms with E-state index in [0.29, 0.717) is 18.5 Å². The number of anilines is 2. The molecule has 2 aromatic rings. The van der Waals surface area contributed by atoms with E-state index in [1.807, 2.05) is 44.2 Å². The van der Waals surface area contributed by atoms with E-state index in [0.717, 1.165) is 21.3 Å².